The first kappa shape index (κ1) is 11.8. The minimum Gasteiger partial charge on any atom is -0.480 e. The second kappa shape index (κ2) is 4.48. The van der Waals surface area contributed by atoms with Gasteiger partial charge < -0.3 is 5.11 Å². The van der Waals surface area contributed by atoms with Crippen molar-refractivity contribution in [1.82, 2.24) is 9.55 Å². The number of carbonyl (C=O) groups is 1. The smallest absolute Gasteiger partial charge is 0.316 e. The van der Waals surface area contributed by atoms with Gasteiger partial charge >= 0.3 is 5.97 Å². The molecular formula is C9H12N2O3S. The maximum absolute atomic E-state index is 11.4. The fourth-order valence-corrected chi connectivity index (χ4v) is 1.80. The minimum atomic E-state index is -0.921. The number of thioether (sulfide) groups is 1. The van der Waals surface area contributed by atoms with Gasteiger partial charge in [-0.05, 0) is 13.8 Å². The number of carboxylic acid groups (broad SMARTS) is 1. The van der Waals surface area contributed by atoms with Crippen LogP contribution in [0.2, 0.25) is 0 Å². The lowest BCUT2D eigenvalue weighted by Gasteiger charge is -2.09. The molecule has 5 nitrogen and oxygen atoms in total. The van der Waals surface area contributed by atoms with Gasteiger partial charge in [-0.3, -0.25) is 14.2 Å². The van der Waals surface area contributed by atoms with Gasteiger partial charge in [0, 0.05) is 18.8 Å². The molecule has 0 aromatic carbocycles. The molecule has 6 heteroatoms. The molecule has 0 saturated heterocycles. The Morgan fingerprint density at radius 1 is 1.67 bits per heavy atom. The Morgan fingerprint density at radius 3 is 2.80 bits per heavy atom. The monoisotopic (exact) mass is 228 g/mol. The average molecular weight is 228 g/mol. The van der Waals surface area contributed by atoms with Crippen LogP contribution in [0.25, 0.3) is 0 Å². The highest BCUT2D eigenvalue weighted by atomic mass is 32.2. The van der Waals surface area contributed by atoms with E-state index in [1.807, 2.05) is 0 Å². The molecule has 0 spiro atoms. The lowest BCUT2D eigenvalue weighted by Crippen LogP contribution is -2.21. The number of rotatable bonds is 3. The third kappa shape index (κ3) is 2.82. The van der Waals surface area contributed by atoms with Gasteiger partial charge in [0.2, 0.25) is 0 Å². The van der Waals surface area contributed by atoms with E-state index in [9.17, 15) is 9.59 Å². The molecule has 0 aliphatic carbocycles. The molecule has 1 unspecified atom stereocenters. The number of nitrogens with zero attached hydrogens (tertiary/aromatic N) is 2. The Bertz CT molecular complexity index is 441. The normalized spacial score (nSPS) is 12.5. The van der Waals surface area contributed by atoms with Gasteiger partial charge in [-0.15, -0.1) is 0 Å². The fourth-order valence-electron chi connectivity index (χ4n) is 0.942. The topological polar surface area (TPSA) is 72.2 Å². The predicted molar refractivity (Wildman–Crippen MR) is 57.2 cm³/mol. The summed E-state index contributed by atoms with van der Waals surface area (Å²) < 4.78 is 1.34. The maximum atomic E-state index is 11.4. The second-order valence-corrected chi connectivity index (χ2v) is 4.48. The zero-order chi connectivity index (χ0) is 11.6. The summed E-state index contributed by atoms with van der Waals surface area (Å²) in [4.78, 5) is 26.1. The third-order valence-electron chi connectivity index (χ3n) is 1.85. The van der Waals surface area contributed by atoms with E-state index in [1.165, 1.54) is 10.6 Å². The second-order valence-electron chi connectivity index (χ2n) is 3.18. The Hall–Kier alpha value is -1.30. The zero-order valence-electron chi connectivity index (χ0n) is 8.72. The lowest BCUT2D eigenvalue weighted by atomic mass is 10.4. The van der Waals surface area contributed by atoms with Gasteiger partial charge in [-0.25, -0.2) is 4.98 Å². The molecule has 0 amide bonds. The van der Waals surface area contributed by atoms with E-state index in [0.29, 0.717) is 10.9 Å². The highest BCUT2D eigenvalue weighted by molar-refractivity contribution is 8.00. The number of hydrogen-bond donors (Lipinski definition) is 1. The molecule has 0 saturated carbocycles. The van der Waals surface area contributed by atoms with Gasteiger partial charge in [0.05, 0.1) is 0 Å². The van der Waals surface area contributed by atoms with Crippen LogP contribution < -0.4 is 5.56 Å². The molecular weight excluding hydrogens is 216 g/mol. The molecule has 0 radical (unpaired) electrons. The Kier molecular flexibility index (Phi) is 3.52. The maximum Gasteiger partial charge on any atom is 0.316 e. The highest BCUT2D eigenvalue weighted by Gasteiger charge is 2.15. The molecule has 15 heavy (non-hydrogen) atoms. The third-order valence-corrected chi connectivity index (χ3v) is 2.98. The van der Waals surface area contributed by atoms with Crippen molar-refractivity contribution in [2.24, 2.45) is 7.05 Å². The molecule has 0 bridgehead atoms. The van der Waals surface area contributed by atoms with Gasteiger partial charge in [-0.1, -0.05) is 11.8 Å². The summed E-state index contributed by atoms with van der Waals surface area (Å²) in [6.07, 6.45) is 0. The van der Waals surface area contributed by atoms with Crippen LogP contribution >= 0.6 is 11.8 Å². The summed E-state index contributed by atoms with van der Waals surface area (Å²) in [6, 6.07) is 1.41. The van der Waals surface area contributed by atoms with Gasteiger partial charge in [0.25, 0.3) is 5.56 Å². The van der Waals surface area contributed by atoms with Crippen molar-refractivity contribution in [1.29, 1.82) is 0 Å². The molecule has 1 N–H and O–H groups in total. The average Bonchev–Trinajstić information content (AvgIpc) is 2.13. The van der Waals surface area contributed by atoms with Crippen molar-refractivity contribution in [3.05, 3.63) is 22.1 Å². The Balaban J connectivity index is 3.05. The number of aromatic nitrogens is 2. The summed E-state index contributed by atoms with van der Waals surface area (Å²) in [5.74, 6) is -0.921. The van der Waals surface area contributed by atoms with Gasteiger partial charge in [-0.2, -0.15) is 0 Å². The molecule has 1 rings (SSSR count). The van der Waals surface area contributed by atoms with E-state index in [1.54, 1.807) is 20.9 Å². The van der Waals surface area contributed by atoms with Crippen molar-refractivity contribution < 1.29 is 9.90 Å². The predicted octanol–water partition coefficient (Wildman–Crippen LogP) is 0.654. The number of aliphatic carboxylic acids is 1. The van der Waals surface area contributed by atoms with Crippen LogP contribution in [0, 0.1) is 6.92 Å². The molecule has 1 atom stereocenters. The molecule has 1 aromatic heterocycles. The summed E-state index contributed by atoms with van der Waals surface area (Å²) in [6.45, 7) is 3.26. The van der Waals surface area contributed by atoms with Crippen LogP contribution in [0.1, 0.15) is 12.6 Å². The molecule has 82 valence electrons. The van der Waals surface area contributed by atoms with Crippen LogP contribution in [0.4, 0.5) is 0 Å². The molecule has 1 aromatic rings. The Labute approximate surface area is 91.1 Å². The number of hydrogen-bond acceptors (Lipinski definition) is 4. The summed E-state index contributed by atoms with van der Waals surface area (Å²) in [5, 5.41) is 8.54. The quantitative estimate of drug-likeness (QED) is 0.607. The number of aryl methyl sites for hydroxylation is 1. The van der Waals surface area contributed by atoms with Crippen LogP contribution in [0.5, 0.6) is 0 Å². The van der Waals surface area contributed by atoms with E-state index < -0.39 is 11.2 Å². The van der Waals surface area contributed by atoms with Crippen LogP contribution in [-0.4, -0.2) is 25.9 Å². The summed E-state index contributed by atoms with van der Waals surface area (Å²) >= 11 is 1.06. The van der Waals surface area contributed by atoms with Crippen LogP contribution in [0.15, 0.2) is 16.0 Å². The van der Waals surface area contributed by atoms with Crippen molar-refractivity contribution in [3.8, 4) is 0 Å². The van der Waals surface area contributed by atoms with E-state index in [2.05, 4.69) is 4.98 Å². The largest absolute Gasteiger partial charge is 0.480 e. The standard InChI is InChI=1S/C9H12N2O3S/c1-5-4-7(12)11(3)9(10-5)15-6(2)8(13)14/h4,6H,1-3H3,(H,13,14). The molecule has 0 fully saturated rings. The van der Waals surface area contributed by atoms with Crippen LogP contribution in [-0.2, 0) is 11.8 Å². The van der Waals surface area contributed by atoms with E-state index in [4.69, 9.17) is 5.11 Å². The lowest BCUT2D eigenvalue weighted by molar-refractivity contribution is -0.136. The SMILES string of the molecule is Cc1cc(=O)n(C)c(SC(C)C(=O)O)n1. The highest BCUT2D eigenvalue weighted by Crippen LogP contribution is 2.19. The summed E-state index contributed by atoms with van der Waals surface area (Å²) in [7, 11) is 1.58. The minimum absolute atomic E-state index is 0.178. The van der Waals surface area contributed by atoms with Crippen molar-refractivity contribution >= 4 is 17.7 Å². The van der Waals surface area contributed by atoms with Crippen LogP contribution in [0.3, 0.4) is 0 Å². The molecule has 1 heterocycles. The number of carboxylic acids is 1. The molecule has 0 aliphatic rings. The van der Waals surface area contributed by atoms with E-state index >= 15 is 0 Å². The van der Waals surface area contributed by atoms with Gasteiger partial charge in [0.1, 0.15) is 5.25 Å². The van der Waals surface area contributed by atoms with E-state index in [0.717, 1.165) is 11.8 Å². The zero-order valence-corrected chi connectivity index (χ0v) is 9.54. The van der Waals surface area contributed by atoms with Gasteiger partial charge in [0.15, 0.2) is 5.16 Å². The first-order valence-electron chi connectivity index (χ1n) is 4.36. The first-order chi connectivity index (χ1) is 6.91. The summed E-state index contributed by atoms with van der Waals surface area (Å²) in [5.41, 5.74) is 0.417. The fraction of sp³-hybridized carbons (Fsp3) is 0.444. The molecule has 0 aliphatic heterocycles. The van der Waals surface area contributed by atoms with E-state index in [-0.39, 0.29) is 5.56 Å². The van der Waals surface area contributed by atoms with Crippen molar-refractivity contribution in [2.75, 3.05) is 0 Å². The Morgan fingerprint density at radius 2 is 2.27 bits per heavy atom. The van der Waals surface area contributed by atoms with Crippen molar-refractivity contribution in [2.45, 2.75) is 24.3 Å². The van der Waals surface area contributed by atoms with Crippen molar-refractivity contribution in [3.63, 3.8) is 0 Å². The first-order valence-corrected chi connectivity index (χ1v) is 5.24.